The fourth-order valence-corrected chi connectivity index (χ4v) is 1.55. The molecule has 0 saturated heterocycles. The Hall–Kier alpha value is -1.69. The Morgan fingerprint density at radius 3 is 2.71 bits per heavy atom. The van der Waals surface area contributed by atoms with E-state index in [1.165, 1.54) is 0 Å². The lowest BCUT2D eigenvalue weighted by molar-refractivity contribution is -0.121. The summed E-state index contributed by atoms with van der Waals surface area (Å²) >= 11 is 0. The molecular formula is C11H17N3O3. The molecule has 0 bridgehead atoms. The highest BCUT2D eigenvalue weighted by atomic mass is 16.3. The molecular weight excluding hydrogens is 222 g/mol. The molecule has 17 heavy (non-hydrogen) atoms. The fraction of sp³-hybridized carbons (Fsp3) is 0.545. The Morgan fingerprint density at radius 1 is 1.53 bits per heavy atom. The summed E-state index contributed by atoms with van der Waals surface area (Å²) in [6.45, 7) is 5.03. The third kappa shape index (κ3) is 3.67. The number of aryl methyl sites for hydroxylation is 2. The lowest BCUT2D eigenvalue weighted by Gasteiger charge is -2.12. The van der Waals surface area contributed by atoms with E-state index in [1.807, 2.05) is 0 Å². The van der Waals surface area contributed by atoms with Crippen molar-refractivity contribution < 1.29 is 9.90 Å². The van der Waals surface area contributed by atoms with Crippen molar-refractivity contribution in [3.63, 3.8) is 0 Å². The van der Waals surface area contributed by atoms with Crippen LogP contribution in [0.1, 0.15) is 23.9 Å². The minimum absolute atomic E-state index is 0.104. The molecule has 0 aliphatic heterocycles. The van der Waals surface area contributed by atoms with Crippen LogP contribution in [0.2, 0.25) is 0 Å². The summed E-state index contributed by atoms with van der Waals surface area (Å²) < 4.78 is 0. The molecule has 6 nitrogen and oxygen atoms in total. The van der Waals surface area contributed by atoms with E-state index in [4.69, 9.17) is 5.11 Å². The number of amides is 1. The number of hydrogen-bond acceptors (Lipinski definition) is 4. The van der Waals surface area contributed by atoms with Crippen molar-refractivity contribution in [1.29, 1.82) is 0 Å². The van der Waals surface area contributed by atoms with E-state index in [0.717, 1.165) is 0 Å². The van der Waals surface area contributed by atoms with Crippen molar-refractivity contribution >= 4 is 5.91 Å². The maximum absolute atomic E-state index is 11.6. The zero-order valence-electron chi connectivity index (χ0n) is 10.2. The molecule has 3 N–H and O–H groups in total. The molecule has 94 valence electrons. The molecule has 1 amide bonds. The standard InChI is InChI=1S/C11H17N3O3/c1-6(5-15)12-10(16)4-9-7(2)13-11(17)14-8(9)3/h6,15H,4-5H2,1-3H3,(H,12,16)(H,13,14,17)/t6-/m0/s1. The van der Waals surface area contributed by atoms with Crippen LogP contribution in [-0.4, -0.2) is 33.6 Å². The van der Waals surface area contributed by atoms with Gasteiger partial charge in [0.25, 0.3) is 0 Å². The van der Waals surface area contributed by atoms with Gasteiger partial charge in [0.15, 0.2) is 0 Å². The van der Waals surface area contributed by atoms with Crippen LogP contribution in [0.25, 0.3) is 0 Å². The fourth-order valence-electron chi connectivity index (χ4n) is 1.55. The number of aromatic amines is 1. The molecule has 0 radical (unpaired) electrons. The highest BCUT2D eigenvalue weighted by molar-refractivity contribution is 5.79. The van der Waals surface area contributed by atoms with Crippen LogP contribution in [0.3, 0.4) is 0 Å². The van der Waals surface area contributed by atoms with Crippen LogP contribution < -0.4 is 11.0 Å². The highest BCUT2D eigenvalue weighted by Crippen LogP contribution is 2.07. The van der Waals surface area contributed by atoms with E-state index in [1.54, 1.807) is 20.8 Å². The Labute approximate surface area is 99.1 Å². The Morgan fingerprint density at radius 2 is 2.18 bits per heavy atom. The van der Waals surface area contributed by atoms with Gasteiger partial charge in [0.2, 0.25) is 5.91 Å². The van der Waals surface area contributed by atoms with Crippen molar-refractivity contribution in [2.24, 2.45) is 0 Å². The number of rotatable bonds is 4. The summed E-state index contributed by atoms with van der Waals surface area (Å²) in [7, 11) is 0. The van der Waals surface area contributed by atoms with Gasteiger partial charge in [-0.1, -0.05) is 0 Å². The summed E-state index contributed by atoms with van der Waals surface area (Å²) in [5.41, 5.74) is 1.51. The number of aliphatic hydroxyl groups is 1. The maximum Gasteiger partial charge on any atom is 0.345 e. The first-order chi connectivity index (χ1) is 7.93. The Bertz CT molecular complexity index is 441. The number of carbonyl (C=O) groups excluding carboxylic acids is 1. The largest absolute Gasteiger partial charge is 0.394 e. The second kappa shape index (κ2) is 5.58. The van der Waals surface area contributed by atoms with E-state index in [9.17, 15) is 9.59 Å². The topological polar surface area (TPSA) is 95.1 Å². The normalized spacial score (nSPS) is 12.2. The maximum atomic E-state index is 11.6. The SMILES string of the molecule is Cc1nc(=O)[nH]c(C)c1CC(=O)N[C@@H](C)CO. The zero-order chi connectivity index (χ0) is 13.0. The molecule has 0 aromatic carbocycles. The molecule has 0 spiro atoms. The Balaban J connectivity index is 2.82. The number of nitrogens with zero attached hydrogens (tertiary/aromatic N) is 1. The number of nitrogens with one attached hydrogen (secondary N) is 2. The van der Waals surface area contributed by atoms with Gasteiger partial charge in [-0.3, -0.25) is 4.79 Å². The van der Waals surface area contributed by atoms with Crippen molar-refractivity contribution in [1.82, 2.24) is 15.3 Å². The lowest BCUT2D eigenvalue weighted by atomic mass is 10.1. The van der Waals surface area contributed by atoms with Crippen molar-refractivity contribution in [2.45, 2.75) is 33.2 Å². The summed E-state index contributed by atoms with van der Waals surface area (Å²) in [6.07, 6.45) is 0.145. The van der Waals surface area contributed by atoms with Gasteiger partial charge in [0.05, 0.1) is 13.0 Å². The number of aromatic nitrogens is 2. The average Bonchev–Trinajstić information content (AvgIpc) is 2.23. The third-order valence-electron chi connectivity index (χ3n) is 2.47. The Kier molecular flexibility index (Phi) is 4.39. The second-order valence-electron chi connectivity index (χ2n) is 4.06. The van der Waals surface area contributed by atoms with E-state index in [0.29, 0.717) is 17.0 Å². The first-order valence-electron chi connectivity index (χ1n) is 5.40. The van der Waals surface area contributed by atoms with Crippen LogP contribution in [0.15, 0.2) is 4.79 Å². The number of carbonyl (C=O) groups is 1. The van der Waals surface area contributed by atoms with E-state index >= 15 is 0 Å². The quantitative estimate of drug-likeness (QED) is 0.655. The van der Waals surface area contributed by atoms with E-state index in [-0.39, 0.29) is 25.0 Å². The van der Waals surface area contributed by atoms with Crippen LogP contribution in [0.4, 0.5) is 0 Å². The van der Waals surface area contributed by atoms with Gasteiger partial charge in [-0.25, -0.2) is 4.79 Å². The first kappa shape index (κ1) is 13.4. The van der Waals surface area contributed by atoms with Gasteiger partial charge in [0, 0.05) is 23.0 Å². The lowest BCUT2D eigenvalue weighted by Crippen LogP contribution is -2.36. The van der Waals surface area contributed by atoms with Gasteiger partial charge in [-0.05, 0) is 20.8 Å². The molecule has 1 aromatic heterocycles. The van der Waals surface area contributed by atoms with Gasteiger partial charge in [-0.15, -0.1) is 0 Å². The van der Waals surface area contributed by atoms with E-state index in [2.05, 4.69) is 15.3 Å². The van der Waals surface area contributed by atoms with Crippen LogP contribution in [-0.2, 0) is 11.2 Å². The molecule has 0 aliphatic carbocycles. The molecule has 0 fully saturated rings. The van der Waals surface area contributed by atoms with Gasteiger partial charge < -0.3 is 15.4 Å². The number of H-pyrrole nitrogens is 1. The molecule has 1 heterocycles. The zero-order valence-corrected chi connectivity index (χ0v) is 10.2. The van der Waals surface area contributed by atoms with Gasteiger partial charge in [-0.2, -0.15) is 4.98 Å². The molecule has 6 heteroatoms. The third-order valence-corrected chi connectivity index (χ3v) is 2.47. The minimum Gasteiger partial charge on any atom is -0.394 e. The van der Waals surface area contributed by atoms with Crippen molar-refractivity contribution in [3.05, 3.63) is 27.4 Å². The van der Waals surface area contributed by atoms with Crippen LogP contribution >= 0.6 is 0 Å². The minimum atomic E-state index is -0.409. The molecule has 0 saturated carbocycles. The van der Waals surface area contributed by atoms with Gasteiger partial charge in [0.1, 0.15) is 0 Å². The predicted molar refractivity (Wildman–Crippen MR) is 62.7 cm³/mol. The van der Waals surface area contributed by atoms with Crippen LogP contribution in [0, 0.1) is 13.8 Å². The van der Waals surface area contributed by atoms with Crippen LogP contribution in [0.5, 0.6) is 0 Å². The highest BCUT2D eigenvalue weighted by Gasteiger charge is 2.12. The van der Waals surface area contributed by atoms with E-state index < -0.39 is 5.69 Å². The molecule has 0 aliphatic rings. The molecule has 1 aromatic rings. The summed E-state index contributed by atoms with van der Waals surface area (Å²) in [4.78, 5) is 29.0. The summed E-state index contributed by atoms with van der Waals surface area (Å²) in [5, 5.41) is 11.5. The number of aliphatic hydroxyl groups excluding tert-OH is 1. The second-order valence-corrected chi connectivity index (χ2v) is 4.06. The summed E-state index contributed by atoms with van der Waals surface area (Å²) in [6, 6.07) is -0.279. The van der Waals surface area contributed by atoms with Gasteiger partial charge >= 0.3 is 5.69 Å². The smallest absolute Gasteiger partial charge is 0.345 e. The number of hydrogen-bond donors (Lipinski definition) is 3. The summed E-state index contributed by atoms with van der Waals surface area (Å²) in [5.74, 6) is -0.202. The molecule has 1 atom stereocenters. The molecule has 1 rings (SSSR count). The van der Waals surface area contributed by atoms with Crippen molar-refractivity contribution in [2.75, 3.05) is 6.61 Å². The first-order valence-corrected chi connectivity index (χ1v) is 5.40. The average molecular weight is 239 g/mol. The predicted octanol–water partition coefficient (Wildman–Crippen LogP) is -0.574. The molecule has 0 unspecified atom stereocenters. The monoisotopic (exact) mass is 239 g/mol. The van der Waals surface area contributed by atoms with Crippen molar-refractivity contribution in [3.8, 4) is 0 Å².